The monoisotopic (exact) mass is 282 g/mol. The van der Waals surface area contributed by atoms with Crippen LogP contribution in [-0.4, -0.2) is 4.98 Å². The van der Waals surface area contributed by atoms with E-state index in [0.717, 1.165) is 17.9 Å². The van der Waals surface area contributed by atoms with Crippen LogP contribution in [0.15, 0.2) is 34.2 Å². The molecule has 2 nitrogen and oxygen atoms in total. The van der Waals surface area contributed by atoms with E-state index in [0.29, 0.717) is 0 Å². The Hall–Kier alpha value is -0.870. The van der Waals surface area contributed by atoms with Crippen LogP contribution in [0.4, 0.5) is 5.69 Å². The molecule has 2 aromatic heterocycles. The van der Waals surface area contributed by atoms with Gasteiger partial charge in [0.1, 0.15) is 0 Å². The molecular formula is C11H11BrN2S. The van der Waals surface area contributed by atoms with E-state index in [2.05, 4.69) is 37.7 Å². The lowest BCUT2D eigenvalue weighted by molar-refractivity contribution is 1.14. The van der Waals surface area contributed by atoms with Crippen molar-refractivity contribution < 1.29 is 0 Å². The molecule has 0 atom stereocenters. The molecular weight excluding hydrogens is 272 g/mol. The lowest BCUT2D eigenvalue weighted by Crippen LogP contribution is -1.98. The van der Waals surface area contributed by atoms with Crippen molar-refractivity contribution in [1.82, 2.24) is 4.98 Å². The number of hydrogen-bond acceptors (Lipinski definition) is 3. The van der Waals surface area contributed by atoms with Crippen LogP contribution in [0.25, 0.3) is 0 Å². The fourth-order valence-corrected chi connectivity index (χ4v) is 2.64. The first-order valence-corrected chi connectivity index (χ1v) is 6.31. The second kappa shape index (κ2) is 4.77. The van der Waals surface area contributed by atoms with Crippen LogP contribution in [0.3, 0.4) is 0 Å². The molecule has 2 aromatic rings. The predicted octanol–water partition coefficient (Wildman–Crippen LogP) is 3.83. The van der Waals surface area contributed by atoms with Crippen molar-refractivity contribution in [3.8, 4) is 0 Å². The van der Waals surface area contributed by atoms with Gasteiger partial charge in [-0.05, 0) is 46.4 Å². The third-order valence-corrected chi connectivity index (χ3v) is 3.98. The normalized spacial score (nSPS) is 10.3. The van der Waals surface area contributed by atoms with E-state index in [1.54, 1.807) is 11.3 Å². The molecule has 0 aromatic carbocycles. The summed E-state index contributed by atoms with van der Waals surface area (Å²) in [5.41, 5.74) is 2.10. The number of aryl methyl sites for hydroxylation is 1. The van der Waals surface area contributed by atoms with Gasteiger partial charge in [0.25, 0.3) is 0 Å². The summed E-state index contributed by atoms with van der Waals surface area (Å²) in [5, 5.41) is 5.41. The van der Waals surface area contributed by atoms with Gasteiger partial charge >= 0.3 is 0 Å². The van der Waals surface area contributed by atoms with Gasteiger partial charge in [-0.15, -0.1) is 11.3 Å². The molecule has 2 heterocycles. The average Bonchev–Trinajstić information content (AvgIpc) is 2.63. The van der Waals surface area contributed by atoms with E-state index >= 15 is 0 Å². The standard InChI is InChI=1S/C11H11BrN2S/c1-8-2-3-9(6-13-8)14-7-11-10(12)4-5-15-11/h2-6,14H,7H2,1H3. The van der Waals surface area contributed by atoms with Crippen molar-refractivity contribution in [2.75, 3.05) is 5.32 Å². The van der Waals surface area contributed by atoms with E-state index in [1.807, 2.05) is 25.3 Å². The highest BCUT2D eigenvalue weighted by Crippen LogP contribution is 2.23. The molecule has 0 aliphatic heterocycles. The van der Waals surface area contributed by atoms with Gasteiger partial charge in [-0.2, -0.15) is 0 Å². The number of pyridine rings is 1. The van der Waals surface area contributed by atoms with Crippen molar-refractivity contribution >= 4 is 33.0 Å². The minimum absolute atomic E-state index is 0.836. The number of halogens is 1. The van der Waals surface area contributed by atoms with Crippen LogP contribution in [0, 0.1) is 6.92 Å². The van der Waals surface area contributed by atoms with Gasteiger partial charge in [0, 0.05) is 15.0 Å². The molecule has 0 aliphatic carbocycles. The summed E-state index contributed by atoms with van der Waals surface area (Å²) >= 11 is 5.25. The average molecular weight is 283 g/mol. The molecule has 0 unspecified atom stereocenters. The molecule has 0 aliphatic rings. The smallest absolute Gasteiger partial charge is 0.0529 e. The Morgan fingerprint density at radius 3 is 2.87 bits per heavy atom. The number of anilines is 1. The maximum atomic E-state index is 4.23. The molecule has 15 heavy (non-hydrogen) atoms. The maximum Gasteiger partial charge on any atom is 0.0529 e. The van der Waals surface area contributed by atoms with Crippen molar-refractivity contribution in [2.45, 2.75) is 13.5 Å². The highest BCUT2D eigenvalue weighted by atomic mass is 79.9. The Balaban J connectivity index is 1.99. The summed E-state index contributed by atoms with van der Waals surface area (Å²) in [5.74, 6) is 0. The van der Waals surface area contributed by atoms with E-state index in [9.17, 15) is 0 Å². The zero-order valence-corrected chi connectivity index (χ0v) is 10.7. The second-order valence-electron chi connectivity index (χ2n) is 3.23. The highest BCUT2D eigenvalue weighted by Gasteiger charge is 2.00. The molecule has 78 valence electrons. The number of aromatic nitrogens is 1. The fraction of sp³-hybridized carbons (Fsp3) is 0.182. The molecule has 2 rings (SSSR count). The van der Waals surface area contributed by atoms with Gasteiger partial charge in [0.15, 0.2) is 0 Å². The minimum Gasteiger partial charge on any atom is -0.379 e. The molecule has 1 N–H and O–H groups in total. The van der Waals surface area contributed by atoms with Crippen LogP contribution in [0.2, 0.25) is 0 Å². The number of rotatable bonds is 3. The van der Waals surface area contributed by atoms with Crippen molar-refractivity contribution in [2.24, 2.45) is 0 Å². The van der Waals surface area contributed by atoms with Gasteiger partial charge in [0.2, 0.25) is 0 Å². The van der Waals surface area contributed by atoms with Crippen molar-refractivity contribution in [3.05, 3.63) is 44.8 Å². The van der Waals surface area contributed by atoms with Crippen molar-refractivity contribution in [3.63, 3.8) is 0 Å². The fourth-order valence-electron chi connectivity index (χ4n) is 1.21. The van der Waals surface area contributed by atoms with Gasteiger partial charge < -0.3 is 5.32 Å². The molecule has 4 heteroatoms. The van der Waals surface area contributed by atoms with Crippen molar-refractivity contribution in [1.29, 1.82) is 0 Å². The van der Waals surface area contributed by atoms with E-state index in [4.69, 9.17) is 0 Å². The molecule has 0 bridgehead atoms. The highest BCUT2D eigenvalue weighted by molar-refractivity contribution is 9.10. The van der Waals surface area contributed by atoms with Crippen LogP contribution in [0.5, 0.6) is 0 Å². The maximum absolute atomic E-state index is 4.23. The predicted molar refractivity (Wildman–Crippen MR) is 68.3 cm³/mol. The molecule has 0 spiro atoms. The minimum atomic E-state index is 0.836. The largest absolute Gasteiger partial charge is 0.379 e. The van der Waals surface area contributed by atoms with Gasteiger partial charge in [-0.3, -0.25) is 4.98 Å². The zero-order chi connectivity index (χ0) is 10.7. The zero-order valence-electron chi connectivity index (χ0n) is 8.33. The molecule has 0 saturated heterocycles. The van der Waals surface area contributed by atoms with E-state index in [-0.39, 0.29) is 0 Å². The summed E-state index contributed by atoms with van der Waals surface area (Å²) < 4.78 is 1.17. The first-order chi connectivity index (χ1) is 7.25. The van der Waals surface area contributed by atoms with E-state index < -0.39 is 0 Å². The van der Waals surface area contributed by atoms with E-state index in [1.165, 1.54) is 9.35 Å². The number of thiophene rings is 1. The molecule has 0 saturated carbocycles. The van der Waals surface area contributed by atoms with Crippen LogP contribution < -0.4 is 5.32 Å². The Labute approximate surface area is 101 Å². The number of nitrogens with zero attached hydrogens (tertiary/aromatic N) is 1. The summed E-state index contributed by atoms with van der Waals surface area (Å²) in [6, 6.07) is 6.12. The lowest BCUT2D eigenvalue weighted by Gasteiger charge is -2.04. The number of nitrogens with one attached hydrogen (secondary N) is 1. The van der Waals surface area contributed by atoms with Crippen LogP contribution >= 0.6 is 27.3 Å². The summed E-state index contributed by atoms with van der Waals surface area (Å²) in [7, 11) is 0. The Morgan fingerprint density at radius 1 is 1.40 bits per heavy atom. The van der Waals surface area contributed by atoms with Crippen LogP contribution in [-0.2, 0) is 6.54 Å². The molecule has 0 radical (unpaired) electrons. The molecule has 0 amide bonds. The van der Waals surface area contributed by atoms with Gasteiger partial charge in [0.05, 0.1) is 18.4 Å². The third-order valence-electron chi connectivity index (χ3n) is 2.06. The Kier molecular flexibility index (Phi) is 3.38. The lowest BCUT2D eigenvalue weighted by atomic mass is 10.3. The van der Waals surface area contributed by atoms with Gasteiger partial charge in [-0.1, -0.05) is 0 Å². The first kappa shape index (κ1) is 10.6. The summed E-state index contributed by atoms with van der Waals surface area (Å²) in [6.07, 6.45) is 1.86. The quantitative estimate of drug-likeness (QED) is 0.926. The Morgan fingerprint density at radius 2 is 2.27 bits per heavy atom. The second-order valence-corrected chi connectivity index (χ2v) is 5.09. The molecule has 0 fully saturated rings. The van der Waals surface area contributed by atoms with Gasteiger partial charge in [-0.25, -0.2) is 0 Å². The number of hydrogen-bond donors (Lipinski definition) is 1. The Bertz CT molecular complexity index is 436. The topological polar surface area (TPSA) is 24.9 Å². The third kappa shape index (κ3) is 2.79. The SMILES string of the molecule is Cc1ccc(NCc2sccc2Br)cn1. The first-order valence-electron chi connectivity index (χ1n) is 4.64. The van der Waals surface area contributed by atoms with Crippen LogP contribution in [0.1, 0.15) is 10.6 Å². The summed E-state index contributed by atoms with van der Waals surface area (Å²) in [6.45, 7) is 2.82. The summed E-state index contributed by atoms with van der Waals surface area (Å²) in [4.78, 5) is 5.53.